The van der Waals surface area contributed by atoms with E-state index in [4.69, 9.17) is 4.74 Å². The number of ketones is 1. The molecule has 86 valence electrons. The van der Waals surface area contributed by atoms with E-state index in [2.05, 4.69) is 0 Å². The molecule has 1 aromatic rings. The van der Waals surface area contributed by atoms with Gasteiger partial charge in [-0.1, -0.05) is 19.1 Å². The normalized spacial score (nSPS) is 16.3. The molecule has 1 fully saturated rings. The highest BCUT2D eigenvalue weighted by atomic mass is 16.5. The van der Waals surface area contributed by atoms with Crippen LogP contribution in [-0.2, 0) is 0 Å². The van der Waals surface area contributed by atoms with E-state index in [1.807, 2.05) is 31.2 Å². The maximum absolute atomic E-state index is 11.5. The molecule has 0 saturated heterocycles. The van der Waals surface area contributed by atoms with Crippen molar-refractivity contribution < 1.29 is 9.53 Å². The number of rotatable bonds is 4. The first kappa shape index (κ1) is 11.2. The lowest BCUT2D eigenvalue weighted by Gasteiger charge is -2.13. The first-order chi connectivity index (χ1) is 7.79. The molecule has 0 heterocycles. The second-order valence-corrected chi connectivity index (χ2v) is 4.33. The van der Waals surface area contributed by atoms with E-state index in [0.29, 0.717) is 12.5 Å². The van der Waals surface area contributed by atoms with E-state index in [0.717, 1.165) is 24.2 Å². The van der Waals surface area contributed by atoms with E-state index in [-0.39, 0.29) is 5.78 Å². The molecule has 0 radical (unpaired) electrons. The van der Waals surface area contributed by atoms with Crippen LogP contribution in [-0.4, -0.2) is 11.9 Å². The van der Waals surface area contributed by atoms with Gasteiger partial charge in [0.15, 0.2) is 5.78 Å². The highest BCUT2D eigenvalue weighted by Crippen LogP contribution is 2.24. The number of hydrogen-bond acceptors (Lipinski definition) is 2. The summed E-state index contributed by atoms with van der Waals surface area (Å²) in [5, 5.41) is 0. The summed E-state index contributed by atoms with van der Waals surface area (Å²) in [6, 6.07) is 7.55. The molecule has 16 heavy (non-hydrogen) atoms. The third-order valence-corrected chi connectivity index (χ3v) is 3.08. The van der Waals surface area contributed by atoms with Crippen LogP contribution in [0.25, 0.3) is 0 Å². The van der Waals surface area contributed by atoms with E-state index < -0.39 is 0 Å². The Morgan fingerprint density at radius 3 is 2.81 bits per heavy atom. The summed E-state index contributed by atoms with van der Waals surface area (Å²) in [6.45, 7) is 1.88. The van der Waals surface area contributed by atoms with Crippen LogP contribution in [0.2, 0.25) is 0 Å². The smallest absolute Gasteiger partial charge is 0.162 e. The minimum atomic E-state index is 0.178. The minimum absolute atomic E-state index is 0.178. The fraction of sp³-hybridized carbons (Fsp3) is 0.500. The highest BCUT2D eigenvalue weighted by Gasteiger charge is 2.16. The van der Waals surface area contributed by atoms with Crippen LogP contribution in [0.4, 0.5) is 0 Å². The van der Waals surface area contributed by atoms with E-state index >= 15 is 0 Å². The highest BCUT2D eigenvalue weighted by molar-refractivity contribution is 5.96. The number of ether oxygens (including phenoxy) is 1. The van der Waals surface area contributed by atoms with Crippen LogP contribution in [0.5, 0.6) is 5.75 Å². The van der Waals surface area contributed by atoms with Gasteiger partial charge in [-0.25, -0.2) is 0 Å². The molecule has 1 aliphatic carbocycles. The average molecular weight is 218 g/mol. The molecule has 0 aliphatic heterocycles. The van der Waals surface area contributed by atoms with Crippen LogP contribution in [0.1, 0.15) is 49.4 Å². The van der Waals surface area contributed by atoms with E-state index in [9.17, 15) is 4.79 Å². The molecule has 1 saturated carbocycles. The van der Waals surface area contributed by atoms with Crippen molar-refractivity contribution >= 4 is 5.78 Å². The molecule has 0 amide bonds. The van der Waals surface area contributed by atoms with Crippen LogP contribution in [0.3, 0.4) is 0 Å². The van der Waals surface area contributed by atoms with Gasteiger partial charge >= 0.3 is 0 Å². The number of hydrogen-bond donors (Lipinski definition) is 0. The predicted molar refractivity (Wildman–Crippen MR) is 63.9 cm³/mol. The lowest BCUT2D eigenvalue weighted by atomic mass is 10.1. The molecule has 0 unspecified atom stereocenters. The summed E-state index contributed by atoms with van der Waals surface area (Å²) in [5.74, 6) is 1.02. The van der Waals surface area contributed by atoms with Gasteiger partial charge < -0.3 is 4.74 Å². The molecule has 0 N–H and O–H groups in total. The summed E-state index contributed by atoms with van der Waals surface area (Å²) in [7, 11) is 0. The molecule has 0 atom stereocenters. The lowest BCUT2D eigenvalue weighted by Crippen LogP contribution is -2.11. The summed E-state index contributed by atoms with van der Waals surface area (Å²) in [5.41, 5.74) is 0.762. The average Bonchev–Trinajstić information content (AvgIpc) is 2.81. The number of carbonyl (C=O) groups excluding carboxylic acids is 1. The largest absolute Gasteiger partial charge is 0.490 e. The topological polar surface area (TPSA) is 26.3 Å². The fourth-order valence-corrected chi connectivity index (χ4v) is 2.15. The van der Waals surface area contributed by atoms with Gasteiger partial charge in [0.2, 0.25) is 0 Å². The molecule has 1 aliphatic rings. The Hall–Kier alpha value is -1.31. The molecule has 0 aromatic heterocycles. The Kier molecular flexibility index (Phi) is 3.60. The van der Waals surface area contributed by atoms with Crippen molar-refractivity contribution in [1.29, 1.82) is 0 Å². The minimum Gasteiger partial charge on any atom is -0.490 e. The predicted octanol–water partition coefficient (Wildman–Crippen LogP) is 3.60. The molecule has 2 nitrogen and oxygen atoms in total. The lowest BCUT2D eigenvalue weighted by molar-refractivity contribution is 0.0987. The third-order valence-electron chi connectivity index (χ3n) is 3.08. The second kappa shape index (κ2) is 5.15. The Bertz CT molecular complexity index is 365. The third kappa shape index (κ3) is 2.63. The zero-order chi connectivity index (χ0) is 11.4. The van der Waals surface area contributed by atoms with Gasteiger partial charge in [0, 0.05) is 12.0 Å². The fourth-order valence-electron chi connectivity index (χ4n) is 2.15. The molecule has 2 rings (SSSR count). The molecular formula is C14H18O2. The molecule has 0 bridgehead atoms. The van der Waals surface area contributed by atoms with Crippen molar-refractivity contribution in [3.63, 3.8) is 0 Å². The van der Waals surface area contributed by atoms with Gasteiger partial charge in [0.1, 0.15) is 5.75 Å². The Labute approximate surface area is 96.6 Å². The summed E-state index contributed by atoms with van der Waals surface area (Å²) >= 11 is 0. The Morgan fingerprint density at radius 2 is 2.12 bits per heavy atom. The Morgan fingerprint density at radius 1 is 1.38 bits per heavy atom. The van der Waals surface area contributed by atoms with Crippen LogP contribution < -0.4 is 4.74 Å². The molecule has 2 heteroatoms. The van der Waals surface area contributed by atoms with Gasteiger partial charge in [-0.3, -0.25) is 4.79 Å². The summed E-state index contributed by atoms with van der Waals surface area (Å²) in [6.07, 6.45) is 5.72. The van der Waals surface area contributed by atoms with Gasteiger partial charge in [-0.05, 0) is 37.8 Å². The van der Waals surface area contributed by atoms with Crippen molar-refractivity contribution in [2.24, 2.45) is 0 Å². The van der Waals surface area contributed by atoms with Crippen molar-refractivity contribution in [2.75, 3.05) is 0 Å². The standard InChI is InChI=1S/C14H18O2/c1-2-14(15)11-6-5-9-13(10-11)16-12-7-3-4-8-12/h5-6,9-10,12H,2-4,7-8H2,1H3. The maximum atomic E-state index is 11.5. The van der Waals surface area contributed by atoms with Gasteiger partial charge in [-0.15, -0.1) is 0 Å². The van der Waals surface area contributed by atoms with Gasteiger partial charge in [-0.2, -0.15) is 0 Å². The zero-order valence-corrected chi connectivity index (χ0v) is 9.74. The van der Waals surface area contributed by atoms with Crippen molar-refractivity contribution in [2.45, 2.75) is 45.1 Å². The monoisotopic (exact) mass is 218 g/mol. The molecule has 1 aromatic carbocycles. The quantitative estimate of drug-likeness (QED) is 0.722. The second-order valence-electron chi connectivity index (χ2n) is 4.33. The van der Waals surface area contributed by atoms with Crippen LogP contribution in [0.15, 0.2) is 24.3 Å². The first-order valence-corrected chi connectivity index (χ1v) is 6.09. The van der Waals surface area contributed by atoms with E-state index in [1.54, 1.807) is 0 Å². The van der Waals surface area contributed by atoms with Crippen molar-refractivity contribution in [1.82, 2.24) is 0 Å². The van der Waals surface area contributed by atoms with Gasteiger partial charge in [0.25, 0.3) is 0 Å². The van der Waals surface area contributed by atoms with Crippen molar-refractivity contribution in [3.8, 4) is 5.75 Å². The van der Waals surface area contributed by atoms with Crippen LogP contribution >= 0.6 is 0 Å². The molecular weight excluding hydrogens is 200 g/mol. The van der Waals surface area contributed by atoms with E-state index in [1.165, 1.54) is 12.8 Å². The zero-order valence-electron chi connectivity index (χ0n) is 9.74. The van der Waals surface area contributed by atoms with Gasteiger partial charge in [0.05, 0.1) is 6.10 Å². The first-order valence-electron chi connectivity index (χ1n) is 6.09. The number of benzene rings is 1. The summed E-state index contributed by atoms with van der Waals surface area (Å²) < 4.78 is 5.86. The SMILES string of the molecule is CCC(=O)c1cccc(OC2CCCC2)c1. The maximum Gasteiger partial charge on any atom is 0.162 e. The van der Waals surface area contributed by atoms with Crippen LogP contribution in [0, 0.1) is 0 Å². The molecule has 0 spiro atoms. The number of Topliss-reactive ketones (excluding diaryl/α,β-unsaturated/α-hetero) is 1. The number of carbonyl (C=O) groups is 1. The van der Waals surface area contributed by atoms with Crippen molar-refractivity contribution in [3.05, 3.63) is 29.8 Å². The summed E-state index contributed by atoms with van der Waals surface area (Å²) in [4.78, 5) is 11.5. The Balaban J connectivity index is 2.06.